The molecule has 0 aromatic rings. The van der Waals surface area contributed by atoms with E-state index in [4.69, 9.17) is 18.5 Å². The van der Waals surface area contributed by atoms with Crippen molar-refractivity contribution >= 4 is 19.8 Å². The molecule has 0 N–H and O–H groups in total. The number of nitrogens with zero attached hydrogens (tertiary/aromatic N) is 1. The summed E-state index contributed by atoms with van der Waals surface area (Å²) in [6.07, 6.45) is 69.1. The van der Waals surface area contributed by atoms with Gasteiger partial charge in [0.2, 0.25) is 0 Å². The fourth-order valence-electron chi connectivity index (χ4n) is 7.75. The van der Waals surface area contributed by atoms with Crippen molar-refractivity contribution in [1.29, 1.82) is 0 Å². The fourth-order valence-corrected chi connectivity index (χ4v) is 8.48. The first-order valence-electron chi connectivity index (χ1n) is 28.8. The maximum absolute atomic E-state index is 12.8. The minimum Gasteiger partial charge on any atom is -0.756 e. The van der Waals surface area contributed by atoms with Gasteiger partial charge in [-0.15, -0.1) is 0 Å². The van der Waals surface area contributed by atoms with Crippen LogP contribution in [-0.4, -0.2) is 70.0 Å². The molecule has 0 radical (unpaired) electrons. The summed E-state index contributed by atoms with van der Waals surface area (Å²) in [6, 6.07) is 0. The minimum absolute atomic E-state index is 0.0379. The molecule has 9 nitrogen and oxygen atoms in total. The Labute approximate surface area is 437 Å². The molecule has 0 aromatic carbocycles. The molecule has 0 bridgehead atoms. The van der Waals surface area contributed by atoms with Gasteiger partial charge in [-0.2, -0.15) is 0 Å². The van der Waals surface area contributed by atoms with Crippen molar-refractivity contribution in [3.63, 3.8) is 0 Å². The number of likely N-dealkylation sites (N-methyl/N-ethyl adjacent to an activating group) is 1. The molecule has 0 saturated carbocycles. The normalized spacial score (nSPS) is 13.9. The van der Waals surface area contributed by atoms with E-state index in [1.807, 2.05) is 21.1 Å². The van der Waals surface area contributed by atoms with Crippen LogP contribution in [0, 0.1) is 0 Å². The van der Waals surface area contributed by atoms with Crippen molar-refractivity contribution < 1.29 is 42.1 Å². The van der Waals surface area contributed by atoms with Gasteiger partial charge in [0, 0.05) is 12.8 Å². The largest absolute Gasteiger partial charge is 0.756 e. The van der Waals surface area contributed by atoms with Gasteiger partial charge in [-0.3, -0.25) is 14.2 Å². The molecule has 410 valence electrons. The van der Waals surface area contributed by atoms with Gasteiger partial charge in [0.1, 0.15) is 19.8 Å². The SMILES string of the molecule is CC/C=C\C/C=C\C/C=C\C/C=C\C/C=C\C/C=C\C/C=C\CCCCCCCC(=O)OC(COC(=O)CCCCCCCCCCCCCCCCCCCCCC)COP(=O)([O-])OCC[N+](C)(C)C. The Morgan fingerprint density at radius 3 is 1.20 bits per heavy atom. The first-order valence-corrected chi connectivity index (χ1v) is 30.3. The summed E-state index contributed by atoms with van der Waals surface area (Å²) in [4.78, 5) is 37.9. The van der Waals surface area contributed by atoms with E-state index in [1.54, 1.807) is 0 Å². The van der Waals surface area contributed by atoms with E-state index < -0.39 is 26.5 Å². The van der Waals surface area contributed by atoms with Gasteiger partial charge in [-0.25, -0.2) is 0 Å². The Kier molecular flexibility index (Phi) is 50.0. The minimum atomic E-state index is -4.64. The highest BCUT2D eigenvalue weighted by atomic mass is 31.2. The summed E-state index contributed by atoms with van der Waals surface area (Å²) >= 11 is 0. The van der Waals surface area contributed by atoms with E-state index in [0.29, 0.717) is 17.4 Å². The lowest BCUT2D eigenvalue weighted by atomic mass is 10.0. The van der Waals surface area contributed by atoms with Crippen LogP contribution in [0.25, 0.3) is 0 Å². The van der Waals surface area contributed by atoms with E-state index in [1.165, 1.54) is 109 Å². The van der Waals surface area contributed by atoms with Crippen molar-refractivity contribution in [2.45, 2.75) is 245 Å². The number of rotatable bonds is 52. The third-order valence-corrected chi connectivity index (χ3v) is 13.1. The molecule has 71 heavy (non-hydrogen) atoms. The molecule has 0 aliphatic heterocycles. The Morgan fingerprint density at radius 2 is 0.803 bits per heavy atom. The average molecular weight is 1010 g/mol. The summed E-state index contributed by atoms with van der Waals surface area (Å²) in [5.41, 5.74) is 0. The van der Waals surface area contributed by atoms with Crippen LogP contribution in [0.5, 0.6) is 0 Å². The molecular formula is C61H108NO8P. The van der Waals surface area contributed by atoms with Crippen LogP contribution < -0.4 is 4.89 Å². The van der Waals surface area contributed by atoms with Crippen LogP contribution in [0.3, 0.4) is 0 Å². The summed E-state index contributed by atoms with van der Waals surface area (Å²) in [5.74, 6) is -0.853. The molecule has 0 fully saturated rings. The second kappa shape index (κ2) is 52.1. The number of allylic oxidation sites excluding steroid dienone is 14. The zero-order valence-electron chi connectivity index (χ0n) is 46.4. The smallest absolute Gasteiger partial charge is 0.306 e. The highest BCUT2D eigenvalue weighted by Gasteiger charge is 2.21. The van der Waals surface area contributed by atoms with Crippen LogP contribution in [-0.2, 0) is 32.7 Å². The van der Waals surface area contributed by atoms with Crippen LogP contribution in [0.1, 0.15) is 239 Å². The lowest BCUT2D eigenvalue weighted by Gasteiger charge is -2.28. The molecule has 2 unspecified atom stereocenters. The molecule has 2 atom stereocenters. The fraction of sp³-hybridized carbons (Fsp3) is 0.738. The van der Waals surface area contributed by atoms with Crippen molar-refractivity contribution in [2.75, 3.05) is 47.5 Å². The number of hydrogen-bond acceptors (Lipinski definition) is 8. The molecule has 0 saturated heterocycles. The number of phosphoric acid groups is 1. The van der Waals surface area contributed by atoms with Gasteiger partial charge in [0.05, 0.1) is 27.7 Å². The maximum Gasteiger partial charge on any atom is 0.306 e. The Hall–Kier alpha value is -2.81. The summed E-state index contributed by atoms with van der Waals surface area (Å²) in [5, 5.41) is 0. The number of carbonyl (C=O) groups is 2. The topological polar surface area (TPSA) is 111 Å². The second-order valence-electron chi connectivity index (χ2n) is 20.3. The van der Waals surface area contributed by atoms with Gasteiger partial charge < -0.3 is 27.9 Å². The Balaban J connectivity index is 4.24. The van der Waals surface area contributed by atoms with Gasteiger partial charge >= 0.3 is 11.9 Å². The number of ether oxygens (including phenoxy) is 2. The molecule has 0 aliphatic carbocycles. The van der Waals surface area contributed by atoms with Crippen molar-refractivity contribution in [1.82, 2.24) is 0 Å². The van der Waals surface area contributed by atoms with Crippen LogP contribution >= 0.6 is 7.82 Å². The van der Waals surface area contributed by atoms with Gasteiger partial charge in [0.15, 0.2) is 6.10 Å². The Morgan fingerprint density at radius 1 is 0.451 bits per heavy atom. The zero-order chi connectivity index (χ0) is 52.0. The summed E-state index contributed by atoms with van der Waals surface area (Å²) in [7, 11) is 1.15. The van der Waals surface area contributed by atoms with Crippen LogP contribution in [0.15, 0.2) is 85.1 Å². The number of unbranched alkanes of at least 4 members (excludes halogenated alkanes) is 24. The predicted molar refractivity (Wildman–Crippen MR) is 300 cm³/mol. The highest BCUT2D eigenvalue weighted by Crippen LogP contribution is 2.38. The quantitative estimate of drug-likeness (QED) is 0.0195. The number of esters is 2. The molecule has 0 aliphatic rings. The standard InChI is InChI=1S/C61H108NO8P/c1-6-8-10-12-14-16-18-20-22-24-26-28-29-30-31-32-33-34-36-38-40-42-44-46-48-50-52-54-61(64)70-59(58-69-71(65,66)68-56-55-62(3,4)5)57-67-60(63)53-51-49-47-45-43-41-39-37-35-27-25-23-21-19-17-15-13-11-9-7-2/h8,10,14,16,20,22,26,28,30-31,33-34,38,40,59H,6-7,9,11-13,15,17-19,21,23-25,27,29,32,35-37,39,41-58H2,1-5H3/b10-8-,16-14-,22-20-,28-26-,31-30-,34-33-,40-38-. The monoisotopic (exact) mass is 1010 g/mol. The summed E-state index contributed by atoms with van der Waals surface area (Å²) in [6.45, 7) is 4.12. The maximum atomic E-state index is 12.8. The van der Waals surface area contributed by atoms with E-state index in [9.17, 15) is 19.0 Å². The lowest BCUT2D eigenvalue weighted by Crippen LogP contribution is -2.37. The van der Waals surface area contributed by atoms with Crippen LogP contribution in [0.2, 0.25) is 0 Å². The van der Waals surface area contributed by atoms with E-state index in [-0.39, 0.29) is 32.0 Å². The second-order valence-corrected chi connectivity index (χ2v) is 21.7. The van der Waals surface area contributed by atoms with Crippen molar-refractivity contribution in [3.05, 3.63) is 85.1 Å². The zero-order valence-corrected chi connectivity index (χ0v) is 47.3. The third kappa shape index (κ3) is 56.3. The first kappa shape index (κ1) is 68.2. The average Bonchev–Trinajstić information content (AvgIpc) is 3.33. The van der Waals surface area contributed by atoms with Gasteiger partial charge in [-0.05, 0) is 70.6 Å². The lowest BCUT2D eigenvalue weighted by molar-refractivity contribution is -0.870. The van der Waals surface area contributed by atoms with E-state index in [0.717, 1.165) is 96.3 Å². The molecule has 0 spiro atoms. The number of quaternary nitrogens is 1. The van der Waals surface area contributed by atoms with Crippen LogP contribution in [0.4, 0.5) is 0 Å². The predicted octanol–water partition coefficient (Wildman–Crippen LogP) is 17.2. The van der Waals surface area contributed by atoms with E-state index in [2.05, 4.69) is 98.9 Å². The number of phosphoric ester groups is 1. The summed E-state index contributed by atoms with van der Waals surface area (Å²) < 4.78 is 34.1. The molecular weight excluding hydrogens is 906 g/mol. The highest BCUT2D eigenvalue weighted by molar-refractivity contribution is 7.45. The van der Waals surface area contributed by atoms with Gasteiger partial charge in [-0.1, -0.05) is 240 Å². The Bertz CT molecular complexity index is 1470. The van der Waals surface area contributed by atoms with Crippen molar-refractivity contribution in [2.24, 2.45) is 0 Å². The number of carbonyl (C=O) groups excluding carboxylic acids is 2. The third-order valence-electron chi connectivity index (χ3n) is 12.2. The molecule has 0 amide bonds. The molecule has 0 aromatic heterocycles. The molecule has 0 heterocycles. The van der Waals surface area contributed by atoms with Gasteiger partial charge in [0.25, 0.3) is 7.82 Å². The molecule has 0 rings (SSSR count). The molecule has 10 heteroatoms. The van der Waals surface area contributed by atoms with E-state index >= 15 is 0 Å². The number of hydrogen-bond donors (Lipinski definition) is 0. The first-order chi connectivity index (χ1) is 34.5. The van der Waals surface area contributed by atoms with Crippen molar-refractivity contribution in [3.8, 4) is 0 Å².